The Hall–Kier alpha value is -4.99. The molecule has 1 atom stereocenters. The topological polar surface area (TPSA) is 108 Å². The Balaban J connectivity index is 1.24. The number of aryl methyl sites for hydroxylation is 4. The summed E-state index contributed by atoms with van der Waals surface area (Å²) in [6, 6.07) is 14.3. The molecule has 0 saturated carbocycles. The van der Waals surface area contributed by atoms with Gasteiger partial charge in [0.2, 0.25) is 11.8 Å². The van der Waals surface area contributed by atoms with Crippen LogP contribution in [0.25, 0.3) is 17.0 Å². The van der Waals surface area contributed by atoms with Crippen LogP contribution in [0.3, 0.4) is 0 Å². The minimum absolute atomic E-state index is 0.200. The van der Waals surface area contributed by atoms with E-state index in [1.807, 2.05) is 56.7 Å². The van der Waals surface area contributed by atoms with Crippen molar-refractivity contribution in [3.05, 3.63) is 100 Å². The summed E-state index contributed by atoms with van der Waals surface area (Å²) in [6.07, 6.45) is 5.48. The monoisotopic (exact) mass is 518 g/mol. The number of aromatic nitrogens is 8. The average molecular weight is 519 g/mol. The molecular formula is C29H26N8O2. The van der Waals surface area contributed by atoms with Crippen LogP contribution in [-0.2, 0) is 13.7 Å². The summed E-state index contributed by atoms with van der Waals surface area (Å²) in [4.78, 5) is 9.52. The Kier molecular flexibility index (Phi) is 5.22. The van der Waals surface area contributed by atoms with Gasteiger partial charge in [0.25, 0.3) is 0 Å². The number of para-hydroxylation sites is 1. The molecule has 0 unspecified atom stereocenters. The molecule has 0 saturated heterocycles. The van der Waals surface area contributed by atoms with Gasteiger partial charge in [-0.1, -0.05) is 42.5 Å². The molecule has 6 aromatic rings. The van der Waals surface area contributed by atoms with Gasteiger partial charge in [0, 0.05) is 35.6 Å². The Morgan fingerprint density at radius 1 is 1.00 bits per heavy atom. The zero-order valence-electron chi connectivity index (χ0n) is 22.0. The quantitative estimate of drug-likeness (QED) is 0.340. The fourth-order valence-corrected chi connectivity index (χ4v) is 5.24. The van der Waals surface area contributed by atoms with Crippen molar-refractivity contribution in [1.29, 1.82) is 0 Å². The molecule has 10 nitrogen and oxygen atoms in total. The molecule has 4 aromatic heterocycles. The first kappa shape index (κ1) is 23.2. The number of nitrogens with zero attached hydrogens (tertiary/aromatic N) is 7. The average Bonchev–Trinajstić information content (AvgIpc) is 3.66. The van der Waals surface area contributed by atoms with Crippen molar-refractivity contribution in [1.82, 2.24) is 39.6 Å². The van der Waals surface area contributed by atoms with Gasteiger partial charge in [0.15, 0.2) is 11.5 Å². The van der Waals surface area contributed by atoms with E-state index in [1.54, 1.807) is 15.5 Å². The summed E-state index contributed by atoms with van der Waals surface area (Å²) in [5, 5.41) is 16.6. The highest BCUT2D eigenvalue weighted by Crippen LogP contribution is 2.48. The van der Waals surface area contributed by atoms with E-state index in [1.165, 1.54) is 0 Å². The minimum atomic E-state index is -0.200. The van der Waals surface area contributed by atoms with Crippen molar-refractivity contribution >= 4 is 5.65 Å². The standard InChI is InChI=1S/C29H26N8O2/c1-16-6-5-7-17(2)25(16)38-14-19-8-10-20(11-9-19)26-32-27-24-23(21-12-31-36(4)13-21)22-18(3)33-34-29(22)39-28(24)30-15-37(27)35-26/h5-13,15,23H,14H2,1-4H3,(H,33,34)/t23-/m0/s1. The van der Waals surface area contributed by atoms with Gasteiger partial charge < -0.3 is 9.47 Å². The van der Waals surface area contributed by atoms with Crippen molar-refractivity contribution in [2.45, 2.75) is 33.3 Å². The summed E-state index contributed by atoms with van der Waals surface area (Å²) < 4.78 is 15.7. The largest absolute Gasteiger partial charge is 0.488 e. The van der Waals surface area contributed by atoms with E-state index in [0.717, 1.165) is 50.4 Å². The maximum atomic E-state index is 6.12. The molecule has 1 N–H and O–H groups in total. The van der Waals surface area contributed by atoms with Crippen LogP contribution in [0, 0.1) is 20.8 Å². The van der Waals surface area contributed by atoms with Crippen molar-refractivity contribution in [3.8, 4) is 28.9 Å². The predicted octanol–water partition coefficient (Wildman–Crippen LogP) is 5.04. The second-order valence-electron chi connectivity index (χ2n) is 9.92. The Morgan fingerprint density at radius 2 is 1.79 bits per heavy atom. The maximum absolute atomic E-state index is 6.12. The van der Waals surface area contributed by atoms with Gasteiger partial charge in [-0.15, -0.1) is 10.2 Å². The molecule has 5 heterocycles. The van der Waals surface area contributed by atoms with Crippen molar-refractivity contribution in [3.63, 3.8) is 0 Å². The molecular weight excluding hydrogens is 492 g/mol. The van der Waals surface area contributed by atoms with Gasteiger partial charge in [-0.3, -0.25) is 9.78 Å². The fraction of sp³-hybridized carbons (Fsp3) is 0.207. The number of H-pyrrole nitrogens is 1. The molecule has 0 aliphatic carbocycles. The maximum Gasteiger partial charge on any atom is 0.244 e. The molecule has 39 heavy (non-hydrogen) atoms. The smallest absolute Gasteiger partial charge is 0.244 e. The molecule has 0 bridgehead atoms. The highest BCUT2D eigenvalue weighted by molar-refractivity contribution is 5.68. The van der Waals surface area contributed by atoms with Crippen molar-refractivity contribution < 1.29 is 9.47 Å². The van der Waals surface area contributed by atoms with Crippen LogP contribution < -0.4 is 9.47 Å². The zero-order valence-corrected chi connectivity index (χ0v) is 22.0. The molecule has 0 amide bonds. The van der Waals surface area contributed by atoms with E-state index >= 15 is 0 Å². The first-order valence-corrected chi connectivity index (χ1v) is 12.7. The van der Waals surface area contributed by atoms with Crippen LogP contribution in [0.15, 0.2) is 61.2 Å². The molecule has 1 aliphatic rings. The van der Waals surface area contributed by atoms with E-state index in [0.29, 0.717) is 29.8 Å². The van der Waals surface area contributed by atoms with Crippen LogP contribution in [0.4, 0.5) is 0 Å². The second kappa shape index (κ2) is 8.80. The van der Waals surface area contributed by atoms with Gasteiger partial charge in [0.05, 0.1) is 17.7 Å². The normalized spacial score (nSPS) is 14.2. The van der Waals surface area contributed by atoms with Crippen LogP contribution in [0.1, 0.15) is 45.0 Å². The molecule has 0 radical (unpaired) electrons. The Bertz CT molecular complexity index is 1830. The van der Waals surface area contributed by atoms with Crippen LogP contribution >= 0.6 is 0 Å². The zero-order chi connectivity index (χ0) is 26.7. The van der Waals surface area contributed by atoms with Crippen LogP contribution in [-0.4, -0.2) is 39.6 Å². The summed E-state index contributed by atoms with van der Waals surface area (Å²) in [5.41, 5.74) is 8.61. The highest BCUT2D eigenvalue weighted by Gasteiger charge is 2.37. The number of nitrogens with one attached hydrogen (secondary N) is 1. The molecule has 0 spiro atoms. The van der Waals surface area contributed by atoms with Gasteiger partial charge in [-0.05, 0) is 37.5 Å². The Labute approximate surface area is 224 Å². The molecule has 0 fully saturated rings. The van der Waals surface area contributed by atoms with Crippen molar-refractivity contribution in [2.24, 2.45) is 7.05 Å². The predicted molar refractivity (Wildman–Crippen MR) is 144 cm³/mol. The van der Waals surface area contributed by atoms with Crippen LogP contribution in [0.5, 0.6) is 17.5 Å². The number of rotatable bonds is 5. The minimum Gasteiger partial charge on any atom is -0.488 e. The van der Waals surface area contributed by atoms with E-state index in [2.05, 4.69) is 46.3 Å². The lowest BCUT2D eigenvalue weighted by Crippen LogP contribution is -2.14. The summed E-state index contributed by atoms with van der Waals surface area (Å²) >= 11 is 0. The van der Waals surface area contributed by atoms with Crippen molar-refractivity contribution in [2.75, 3.05) is 0 Å². The third kappa shape index (κ3) is 3.83. The first-order chi connectivity index (χ1) is 19.0. The number of aromatic amines is 1. The summed E-state index contributed by atoms with van der Waals surface area (Å²) in [5.74, 6) is 2.32. The number of hydrogen-bond acceptors (Lipinski definition) is 7. The lowest BCUT2D eigenvalue weighted by Gasteiger charge is -2.24. The Morgan fingerprint density at radius 3 is 2.54 bits per heavy atom. The van der Waals surface area contributed by atoms with E-state index in [-0.39, 0.29) is 5.92 Å². The second-order valence-corrected chi connectivity index (χ2v) is 9.92. The van der Waals surface area contributed by atoms with Crippen LogP contribution in [0.2, 0.25) is 0 Å². The third-order valence-electron chi connectivity index (χ3n) is 7.18. The lowest BCUT2D eigenvalue weighted by atomic mass is 9.86. The van der Waals surface area contributed by atoms with Gasteiger partial charge in [-0.2, -0.15) is 5.10 Å². The van der Waals surface area contributed by atoms with E-state index in [4.69, 9.17) is 19.6 Å². The summed E-state index contributed by atoms with van der Waals surface area (Å²) in [7, 11) is 1.90. The molecule has 10 heteroatoms. The fourth-order valence-electron chi connectivity index (χ4n) is 5.24. The number of hydrogen-bond donors (Lipinski definition) is 1. The lowest BCUT2D eigenvalue weighted by molar-refractivity contribution is 0.302. The molecule has 2 aromatic carbocycles. The number of benzene rings is 2. The third-order valence-corrected chi connectivity index (χ3v) is 7.18. The van der Waals surface area contributed by atoms with Gasteiger partial charge in [0.1, 0.15) is 18.7 Å². The van der Waals surface area contributed by atoms with Gasteiger partial charge >= 0.3 is 0 Å². The first-order valence-electron chi connectivity index (χ1n) is 12.7. The highest BCUT2D eigenvalue weighted by atomic mass is 16.5. The number of fused-ring (bicyclic) bond motifs is 4. The summed E-state index contributed by atoms with van der Waals surface area (Å²) in [6.45, 7) is 6.59. The molecule has 7 rings (SSSR count). The number of ether oxygens (including phenoxy) is 2. The molecule has 1 aliphatic heterocycles. The van der Waals surface area contributed by atoms with E-state index in [9.17, 15) is 0 Å². The van der Waals surface area contributed by atoms with Gasteiger partial charge in [-0.25, -0.2) is 14.5 Å². The SMILES string of the molecule is Cc1cccc(C)c1OCc1ccc(-c2nc3c4c(ncn3n2)Oc2n[nH]c(C)c2[C@@H]4c2cnn(C)c2)cc1. The van der Waals surface area contributed by atoms with E-state index < -0.39 is 0 Å². The molecule has 194 valence electrons.